The standard InChI is InChI=1S/C21H34N6O/c28-20(25-13-14-27-18(15-25)23-24-19(27)17-7-8-17)22-16-21(9-3-1-4-10-21)26-11-5-2-6-12-26/h17H,1-16H2,(H,22,28). The van der Waals surface area contributed by atoms with Gasteiger partial charge in [0.2, 0.25) is 0 Å². The summed E-state index contributed by atoms with van der Waals surface area (Å²) >= 11 is 0. The van der Waals surface area contributed by atoms with Crippen LogP contribution in [-0.2, 0) is 13.1 Å². The first-order chi connectivity index (χ1) is 13.8. The molecule has 4 aliphatic rings. The van der Waals surface area contributed by atoms with Gasteiger partial charge in [-0.1, -0.05) is 25.7 Å². The average Bonchev–Trinajstić information content (AvgIpc) is 3.52. The molecule has 0 bridgehead atoms. The Morgan fingerprint density at radius 3 is 2.46 bits per heavy atom. The molecule has 2 amide bonds. The first kappa shape index (κ1) is 18.4. The van der Waals surface area contributed by atoms with Gasteiger partial charge in [-0.3, -0.25) is 4.90 Å². The van der Waals surface area contributed by atoms with Crippen molar-refractivity contribution in [2.24, 2.45) is 0 Å². The van der Waals surface area contributed by atoms with Crippen LogP contribution < -0.4 is 5.32 Å². The fraction of sp³-hybridized carbons (Fsp3) is 0.857. The predicted octanol–water partition coefficient (Wildman–Crippen LogP) is 2.87. The van der Waals surface area contributed by atoms with Crippen molar-refractivity contribution in [2.45, 2.75) is 88.8 Å². The Kier molecular flexibility index (Phi) is 5.03. The number of fused-ring (bicyclic) bond motifs is 1. The van der Waals surface area contributed by atoms with E-state index in [0.29, 0.717) is 12.5 Å². The van der Waals surface area contributed by atoms with Gasteiger partial charge in [0.05, 0.1) is 6.54 Å². The van der Waals surface area contributed by atoms with Crippen molar-refractivity contribution in [1.82, 2.24) is 29.9 Å². The van der Waals surface area contributed by atoms with Gasteiger partial charge in [0.25, 0.3) is 0 Å². The molecule has 28 heavy (non-hydrogen) atoms. The number of urea groups is 1. The Bertz CT molecular complexity index is 700. The lowest BCUT2D eigenvalue weighted by Gasteiger charge is -2.48. The lowest BCUT2D eigenvalue weighted by atomic mass is 9.79. The second-order valence-corrected chi connectivity index (χ2v) is 9.31. The Morgan fingerprint density at radius 1 is 0.964 bits per heavy atom. The van der Waals surface area contributed by atoms with E-state index in [0.717, 1.165) is 31.3 Å². The molecule has 3 heterocycles. The molecule has 1 aromatic heterocycles. The third-order valence-electron chi connectivity index (χ3n) is 7.39. The van der Waals surface area contributed by atoms with Gasteiger partial charge >= 0.3 is 6.03 Å². The molecule has 3 fully saturated rings. The number of nitrogens with zero attached hydrogens (tertiary/aromatic N) is 5. The molecule has 7 heteroatoms. The smallest absolute Gasteiger partial charge is 0.317 e. The highest BCUT2D eigenvalue weighted by molar-refractivity contribution is 5.74. The van der Waals surface area contributed by atoms with Crippen LogP contribution in [0.25, 0.3) is 0 Å². The molecule has 1 saturated heterocycles. The zero-order valence-corrected chi connectivity index (χ0v) is 17.0. The van der Waals surface area contributed by atoms with E-state index in [1.807, 2.05) is 4.90 Å². The Morgan fingerprint density at radius 2 is 1.71 bits per heavy atom. The van der Waals surface area contributed by atoms with Crippen molar-refractivity contribution in [3.8, 4) is 0 Å². The van der Waals surface area contributed by atoms with Crippen LogP contribution in [-0.4, -0.2) is 62.3 Å². The van der Waals surface area contributed by atoms with Crippen LogP contribution in [0.2, 0.25) is 0 Å². The van der Waals surface area contributed by atoms with Gasteiger partial charge in [0.1, 0.15) is 5.82 Å². The summed E-state index contributed by atoms with van der Waals surface area (Å²) in [6.45, 7) is 5.37. The lowest BCUT2D eigenvalue weighted by Crippen LogP contribution is -2.59. The van der Waals surface area contributed by atoms with E-state index in [4.69, 9.17) is 0 Å². The maximum atomic E-state index is 13.0. The van der Waals surface area contributed by atoms with E-state index in [-0.39, 0.29) is 11.6 Å². The molecule has 2 aliphatic heterocycles. The fourth-order valence-corrected chi connectivity index (χ4v) is 5.53. The molecular formula is C21H34N6O. The summed E-state index contributed by atoms with van der Waals surface area (Å²) < 4.78 is 2.25. The third kappa shape index (κ3) is 3.53. The van der Waals surface area contributed by atoms with Gasteiger partial charge in [0.15, 0.2) is 5.82 Å². The SMILES string of the molecule is O=C(NCC1(N2CCCCC2)CCCCC1)N1CCn2c(nnc2C2CC2)C1. The van der Waals surface area contributed by atoms with Crippen LogP contribution in [0.15, 0.2) is 0 Å². The maximum Gasteiger partial charge on any atom is 0.317 e. The van der Waals surface area contributed by atoms with Gasteiger partial charge < -0.3 is 14.8 Å². The Labute approximate surface area is 167 Å². The van der Waals surface area contributed by atoms with E-state index >= 15 is 0 Å². The molecule has 2 aliphatic carbocycles. The maximum absolute atomic E-state index is 13.0. The summed E-state index contributed by atoms with van der Waals surface area (Å²) in [6, 6.07) is 0.0733. The van der Waals surface area contributed by atoms with Crippen molar-refractivity contribution in [3.63, 3.8) is 0 Å². The van der Waals surface area contributed by atoms with Gasteiger partial charge in [0, 0.05) is 31.1 Å². The summed E-state index contributed by atoms with van der Waals surface area (Å²) in [6.07, 6.45) is 12.8. The van der Waals surface area contributed by atoms with E-state index in [9.17, 15) is 4.79 Å². The number of rotatable bonds is 4. The quantitative estimate of drug-likeness (QED) is 0.864. The van der Waals surface area contributed by atoms with Crippen LogP contribution in [0.1, 0.15) is 81.8 Å². The summed E-state index contributed by atoms with van der Waals surface area (Å²) in [4.78, 5) is 17.6. The number of likely N-dealkylation sites (tertiary alicyclic amines) is 1. The topological polar surface area (TPSA) is 66.3 Å². The molecule has 7 nitrogen and oxygen atoms in total. The van der Waals surface area contributed by atoms with Gasteiger partial charge in [-0.25, -0.2) is 4.79 Å². The van der Waals surface area contributed by atoms with Crippen molar-refractivity contribution in [3.05, 3.63) is 11.6 Å². The fourth-order valence-electron chi connectivity index (χ4n) is 5.53. The van der Waals surface area contributed by atoms with Crippen molar-refractivity contribution >= 4 is 6.03 Å². The summed E-state index contributed by atoms with van der Waals surface area (Å²) in [5, 5.41) is 12.1. The number of carbonyl (C=O) groups is 1. The normalized spacial score (nSPS) is 25.4. The molecule has 2 saturated carbocycles. The number of hydrogen-bond donors (Lipinski definition) is 1. The molecular weight excluding hydrogens is 352 g/mol. The lowest BCUT2D eigenvalue weighted by molar-refractivity contribution is 0.0341. The predicted molar refractivity (Wildman–Crippen MR) is 107 cm³/mol. The summed E-state index contributed by atoms with van der Waals surface area (Å²) in [5.41, 5.74) is 0.184. The second-order valence-electron chi connectivity index (χ2n) is 9.31. The Hall–Kier alpha value is -1.63. The first-order valence-corrected chi connectivity index (χ1v) is 11.4. The zero-order chi connectivity index (χ0) is 19.0. The number of hydrogen-bond acceptors (Lipinski definition) is 4. The van der Waals surface area contributed by atoms with Crippen LogP contribution >= 0.6 is 0 Å². The minimum atomic E-state index is 0.0733. The average molecular weight is 387 g/mol. The summed E-state index contributed by atoms with van der Waals surface area (Å²) in [5.74, 6) is 2.70. The van der Waals surface area contributed by atoms with Gasteiger partial charge in [-0.05, 0) is 51.6 Å². The van der Waals surface area contributed by atoms with E-state index in [1.54, 1.807) is 0 Å². The zero-order valence-electron chi connectivity index (χ0n) is 17.0. The van der Waals surface area contributed by atoms with Crippen LogP contribution in [0.3, 0.4) is 0 Å². The first-order valence-electron chi connectivity index (χ1n) is 11.4. The summed E-state index contributed by atoms with van der Waals surface area (Å²) in [7, 11) is 0. The largest absolute Gasteiger partial charge is 0.336 e. The van der Waals surface area contributed by atoms with Crippen LogP contribution in [0.4, 0.5) is 4.79 Å². The highest BCUT2D eigenvalue weighted by Crippen LogP contribution is 2.39. The highest BCUT2D eigenvalue weighted by atomic mass is 16.2. The monoisotopic (exact) mass is 386 g/mol. The number of amides is 2. The van der Waals surface area contributed by atoms with Crippen molar-refractivity contribution in [1.29, 1.82) is 0 Å². The van der Waals surface area contributed by atoms with Crippen molar-refractivity contribution < 1.29 is 4.79 Å². The highest BCUT2D eigenvalue weighted by Gasteiger charge is 2.39. The third-order valence-corrected chi connectivity index (χ3v) is 7.39. The minimum absolute atomic E-state index is 0.0733. The van der Waals surface area contributed by atoms with E-state index in [2.05, 4.69) is 25.0 Å². The number of nitrogens with one attached hydrogen (secondary N) is 1. The molecule has 0 atom stereocenters. The Balaban J connectivity index is 1.22. The van der Waals surface area contributed by atoms with E-state index < -0.39 is 0 Å². The molecule has 154 valence electrons. The van der Waals surface area contributed by atoms with Crippen LogP contribution in [0, 0.1) is 0 Å². The molecule has 0 unspecified atom stereocenters. The number of aromatic nitrogens is 3. The van der Waals surface area contributed by atoms with Gasteiger partial charge in [-0.15, -0.1) is 10.2 Å². The minimum Gasteiger partial charge on any atom is -0.336 e. The number of piperidine rings is 1. The molecule has 0 spiro atoms. The molecule has 5 rings (SSSR count). The molecule has 1 aromatic rings. The molecule has 0 radical (unpaired) electrons. The van der Waals surface area contributed by atoms with E-state index in [1.165, 1.54) is 77.3 Å². The van der Waals surface area contributed by atoms with Crippen molar-refractivity contribution in [2.75, 3.05) is 26.2 Å². The molecule has 0 aromatic carbocycles. The van der Waals surface area contributed by atoms with Gasteiger partial charge in [-0.2, -0.15) is 0 Å². The number of carbonyl (C=O) groups excluding carboxylic acids is 1. The van der Waals surface area contributed by atoms with Crippen LogP contribution in [0.5, 0.6) is 0 Å². The second kappa shape index (κ2) is 7.65. The molecule has 1 N–H and O–H groups in total.